The van der Waals surface area contributed by atoms with Gasteiger partial charge in [-0.05, 0) is 66.2 Å². The Hall–Kier alpha value is -5.48. The third-order valence-electron chi connectivity index (χ3n) is 8.08. The first-order valence-electron chi connectivity index (χ1n) is 15.1. The number of hydrogen-bond donors (Lipinski definition) is 0. The highest BCUT2D eigenvalue weighted by Crippen LogP contribution is 2.40. The van der Waals surface area contributed by atoms with Crippen molar-refractivity contribution in [3.63, 3.8) is 0 Å². The number of allylic oxidation sites excluding steroid dienone is 9. The van der Waals surface area contributed by atoms with Crippen LogP contribution >= 0.6 is 0 Å². The smallest absolute Gasteiger partial charge is 0.164 e. The molecule has 44 heavy (non-hydrogen) atoms. The lowest BCUT2D eigenvalue weighted by Crippen LogP contribution is -2.05. The van der Waals surface area contributed by atoms with Crippen LogP contribution in [-0.4, -0.2) is 19.9 Å². The van der Waals surface area contributed by atoms with Gasteiger partial charge in [0.2, 0.25) is 0 Å². The van der Waals surface area contributed by atoms with Gasteiger partial charge in [-0.15, -0.1) is 0 Å². The molecule has 212 valence electrons. The Morgan fingerprint density at radius 2 is 1.48 bits per heavy atom. The molecule has 2 aliphatic carbocycles. The van der Waals surface area contributed by atoms with Crippen LogP contribution in [0.4, 0.5) is 0 Å². The Balaban J connectivity index is 1.21. The van der Waals surface area contributed by atoms with Crippen molar-refractivity contribution in [1.29, 1.82) is 0 Å². The minimum Gasteiger partial charge on any atom is -0.256 e. The summed E-state index contributed by atoms with van der Waals surface area (Å²) in [6, 6.07) is 31.1. The fourth-order valence-electron chi connectivity index (χ4n) is 5.83. The fourth-order valence-corrected chi connectivity index (χ4v) is 5.83. The molecule has 7 rings (SSSR count). The van der Waals surface area contributed by atoms with Crippen LogP contribution in [0.5, 0.6) is 0 Å². The quantitative estimate of drug-likeness (QED) is 0.183. The van der Waals surface area contributed by atoms with Crippen molar-refractivity contribution in [2.75, 3.05) is 0 Å². The van der Waals surface area contributed by atoms with Gasteiger partial charge < -0.3 is 0 Å². The van der Waals surface area contributed by atoms with E-state index in [4.69, 9.17) is 15.0 Å². The predicted molar refractivity (Wildman–Crippen MR) is 181 cm³/mol. The Kier molecular flexibility index (Phi) is 7.71. The lowest BCUT2D eigenvalue weighted by atomic mass is 9.97. The van der Waals surface area contributed by atoms with Gasteiger partial charge in [0.1, 0.15) is 0 Å². The monoisotopic (exact) mass is 568 g/mol. The van der Waals surface area contributed by atoms with Crippen molar-refractivity contribution in [2.45, 2.75) is 26.2 Å². The number of rotatable bonds is 7. The van der Waals surface area contributed by atoms with E-state index >= 15 is 0 Å². The molecular weight excluding hydrogens is 536 g/mol. The van der Waals surface area contributed by atoms with E-state index in [1.54, 1.807) is 0 Å². The molecule has 0 spiro atoms. The van der Waals surface area contributed by atoms with E-state index in [0.29, 0.717) is 11.6 Å². The lowest BCUT2D eigenvalue weighted by Gasteiger charge is -2.14. The zero-order valence-corrected chi connectivity index (χ0v) is 24.7. The minimum absolute atomic E-state index is 0.700. The third-order valence-corrected chi connectivity index (χ3v) is 8.08. The molecule has 0 radical (unpaired) electrons. The second-order valence-corrected chi connectivity index (χ2v) is 11.1. The Labute approximate surface area is 258 Å². The second kappa shape index (κ2) is 12.4. The van der Waals surface area contributed by atoms with Crippen molar-refractivity contribution < 1.29 is 0 Å². The summed E-state index contributed by atoms with van der Waals surface area (Å²) < 4.78 is 0. The van der Waals surface area contributed by atoms with Gasteiger partial charge in [-0.2, -0.15) is 0 Å². The van der Waals surface area contributed by atoms with Crippen LogP contribution in [0.15, 0.2) is 139 Å². The van der Waals surface area contributed by atoms with Gasteiger partial charge in [0, 0.05) is 22.9 Å². The summed E-state index contributed by atoms with van der Waals surface area (Å²) in [5.74, 6) is 2.17. The van der Waals surface area contributed by atoms with E-state index in [2.05, 4.69) is 109 Å². The number of hydrogen-bond acceptors (Lipinski definition) is 4. The maximum absolute atomic E-state index is 5.07. The topological polar surface area (TPSA) is 51.6 Å². The molecular formula is C40H32N4. The number of benzene rings is 3. The molecule has 0 aliphatic heterocycles. The maximum Gasteiger partial charge on any atom is 0.164 e. The number of nitrogens with zero attached hydrogens (tertiary/aromatic N) is 4. The van der Waals surface area contributed by atoms with E-state index in [1.165, 1.54) is 22.3 Å². The highest BCUT2D eigenvalue weighted by atomic mass is 15.0. The zero-order valence-electron chi connectivity index (χ0n) is 24.7. The molecule has 0 amide bonds. The largest absolute Gasteiger partial charge is 0.256 e. The molecule has 4 heteroatoms. The van der Waals surface area contributed by atoms with Crippen LogP contribution in [0.25, 0.3) is 51.3 Å². The molecule has 0 saturated heterocycles. The molecule has 0 saturated carbocycles. The summed E-state index contributed by atoms with van der Waals surface area (Å²) in [7, 11) is 0. The Morgan fingerprint density at radius 1 is 0.682 bits per heavy atom. The standard InChI is InChI=1S/C40H32N4/c1-28-27-33-18-12-20-35(40-43-38(31-14-4-2-5-15-31)42-39(44-40)32-16-6-3-7-17-32)37(33)34(28)19-9-8-13-29-22-24-30(25-23-29)36-21-10-11-26-41-36/h2-6,8-16,18-26H,7,17,27H2,1H3/b13-8+,19-9-. The van der Waals surface area contributed by atoms with E-state index in [-0.39, 0.29) is 0 Å². The molecule has 0 unspecified atom stereocenters. The molecule has 0 N–H and O–H groups in total. The predicted octanol–water partition coefficient (Wildman–Crippen LogP) is 9.60. The zero-order chi connectivity index (χ0) is 29.7. The molecule has 2 aromatic heterocycles. The van der Waals surface area contributed by atoms with Crippen LogP contribution < -0.4 is 0 Å². The third kappa shape index (κ3) is 5.75. The highest BCUT2D eigenvalue weighted by molar-refractivity contribution is 5.91. The van der Waals surface area contributed by atoms with Gasteiger partial charge in [-0.1, -0.05) is 127 Å². The number of aromatic nitrogens is 4. The van der Waals surface area contributed by atoms with E-state index in [1.807, 2.05) is 42.6 Å². The van der Waals surface area contributed by atoms with Crippen molar-refractivity contribution in [1.82, 2.24) is 19.9 Å². The molecule has 2 heterocycles. The van der Waals surface area contributed by atoms with Crippen molar-refractivity contribution in [3.05, 3.63) is 162 Å². The average molecular weight is 569 g/mol. The van der Waals surface area contributed by atoms with Gasteiger partial charge in [0.15, 0.2) is 17.5 Å². The summed E-state index contributed by atoms with van der Waals surface area (Å²) in [5.41, 5.74) is 11.5. The van der Waals surface area contributed by atoms with Crippen LogP contribution in [-0.2, 0) is 6.42 Å². The first-order valence-corrected chi connectivity index (χ1v) is 15.1. The second-order valence-electron chi connectivity index (χ2n) is 11.1. The van der Waals surface area contributed by atoms with E-state index in [0.717, 1.165) is 58.6 Å². The minimum atomic E-state index is 0.700. The summed E-state index contributed by atoms with van der Waals surface area (Å²) in [5, 5.41) is 0. The molecule has 0 bridgehead atoms. The van der Waals surface area contributed by atoms with E-state index < -0.39 is 0 Å². The van der Waals surface area contributed by atoms with Crippen molar-refractivity contribution in [2.24, 2.45) is 0 Å². The normalized spacial score (nSPS) is 14.4. The summed E-state index contributed by atoms with van der Waals surface area (Å²) >= 11 is 0. The molecule has 3 aromatic carbocycles. The van der Waals surface area contributed by atoms with Crippen LogP contribution in [0.3, 0.4) is 0 Å². The molecule has 2 aliphatic rings. The summed E-state index contributed by atoms with van der Waals surface area (Å²) in [4.78, 5) is 19.5. The number of fused-ring (bicyclic) bond motifs is 1. The van der Waals surface area contributed by atoms with Gasteiger partial charge >= 0.3 is 0 Å². The highest BCUT2D eigenvalue weighted by Gasteiger charge is 2.23. The van der Waals surface area contributed by atoms with Gasteiger partial charge in [-0.3, -0.25) is 4.98 Å². The SMILES string of the molecule is CC1=C(/C=C\C=C\c2ccc(-c3ccccn3)cc2)c2c(cccc2-c2nc(C3=CC=CCC3)nc(-c3ccccc3)n2)C1. The lowest BCUT2D eigenvalue weighted by molar-refractivity contribution is 0.977. The van der Waals surface area contributed by atoms with Gasteiger partial charge in [-0.25, -0.2) is 15.0 Å². The summed E-state index contributed by atoms with van der Waals surface area (Å²) in [6.45, 7) is 2.22. The average Bonchev–Trinajstić information content (AvgIpc) is 3.42. The van der Waals surface area contributed by atoms with E-state index in [9.17, 15) is 0 Å². The van der Waals surface area contributed by atoms with Crippen LogP contribution in [0, 0.1) is 0 Å². The fraction of sp³-hybridized carbons (Fsp3) is 0.100. The molecule has 4 nitrogen and oxygen atoms in total. The molecule has 5 aromatic rings. The number of pyridine rings is 1. The Bertz CT molecular complexity index is 1960. The van der Waals surface area contributed by atoms with Crippen LogP contribution in [0.2, 0.25) is 0 Å². The van der Waals surface area contributed by atoms with Gasteiger partial charge in [0.05, 0.1) is 5.69 Å². The summed E-state index contributed by atoms with van der Waals surface area (Å²) in [6.07, 6.45) is 19.7. The van der Waals surface area contributed by atoms with Crippen LogP contribution in [0.1, 0.15) is 42.3 Å². The maximum atomic E-state index is 5.07. The first-order chi connectivity index (χ1) is 21.7. The Morgan fingerprint density at radius 3 is 2.27 bits per heavy atom. The van der Waals surface area contributed by atoms with Crippen molar-refractivity contribution in [3.8, 4) is 34.0 Å². The molecule has 0 atom stereocenters. The first kappa shape index (κ1) is 27.4. The van der Waals surface area contributed by atoms with Crippen molar-refractivity contribution >= 4 is 17.2 Å². The van der Waals surface area contributed by atoms with Gasteiger partial charge in [0.25, 0.3) is 0 Å². The molecule has 0 fully saturated rings.